The molecule has 0 amide bonds. The van der Waals surface area contributed by atoms with E-state index >= 15 is 0 Å². The number of rotatable bonds is 4. The molecule has 0 aliphatic rings. The SMILES string of the molecule is CC(C)(C)c1ccc(C(=O)[O][Al][O]C(=O)c2ccc(C(C)(C)C)cc2)cc1. The first-order valence-electron chi connectivity index (χ1n) is 8.93. The molecule has 0 bridgehead atoms. The van der Waals surface area contributed by atoms with Gasteiger partial charge in [-0.2, -0.15) is 0 Å². The second-order valence-electron chi connectivity index (χ2n) is 8.56. The number of benzene rings is 2. The summed E-state index contributed by atoms with van der Waals surface area (Å²) >= 11 is -1.21. The van der Waals surface area contributed by atoms with Gasteiger partial charge < -0.3 is 7.58 Å². The molecule has 141 valence electrons. The second kappa shape index (κ2) is 8.29. The monoisotopic (exact) mass is 381 g/mol. The van der Waals surface area contributed by atoms with Crippen LogP contribution in [0.2, 0.25) is 0 Å². The number of hydrogen-bond acceptors (Lipinski definition) is 4. The number of carbonyl (C=O) groups excluding carboxylic acids is 2. The molecule has 0 aliphatic heterocycles. The lowest BCUT2D eigenvalue weighted by atomic mass is 9.87. The molecule has 2 aromatic carbocycles. The predicted molar refractivity (Wildman–Crippen MR) is 107 cm³/mol. The van der Waals surface area contributed by atoms with E-state index in [1.807, 2.05) is 24.3 Å². The van der Waals surface area contributed by atoms with Crippen LogP contribution in [0.4, 0.5) is 0 Å². The second-order valence-corrected chi connectivity index (χ2v) is 9.23. The van der Waals surface area contributed by atoms with Crippen molar-refractivity contribution in [1.29, 1.82) is 0 Å². The first-order chi connectivity index (χ1) is 12.5. The summed E-state index contributed by atoms with van der Waals surface area (Å²) in [6.07, 6.45) is 0. The number of carbonyl (C=O) groups is 2. The first-order valence-corrected chi connectivity index (χ1v) is 9.87. The highest BCUT2D eigenvalue weighted by atomic mass is 27.2. The third-order valence-corrected chi connectivity index (χ3v) is 4.90. The minimum absolute atomic E-state index is 0.0196. The van der Waals surface area contributed by atoms with Gasteiger partial charge in [0.2, 0.25) is 0 Å². The van der Waals surface area contributed by atoms with Gasteiger partial charge in [-0.05, 0) is 46.2 Å². The molecule has 0 atom stereocenters. The number of hydrogen-bond donors (Lipinski definition) is 0. The molecular weight excluding hydrogens is 355 g/mol. The van der Waals surface area contributed by atoms with Gasteiger partial charge >= 0.3 is 27.8 Å². The lowest BCUT2D eigenvalue weighted by Crippen LogP contribution is -2.17. The molecule has 0 saturated carbocycles. The van der Waals surface area contributed by atoms with E-state index in [-0.39, 0.29) is 10.8 Å². The van der Waals surface area contributed by atoms with Crippen LogP contribution in [0.15, 0.2) is 48.5 Å². The predicted octanol–water partition coefficient (Wildman–Crippen LogP) is 4.83. The molecule has 4 nitrogen and oxygen atoms in total. The van der Waals surface area contributed by atoms with Crippen molar-refractivity contribution in [2.75, 3.05) is 0 Å². The van der Waals surface area contributed by atoms with Crippen LogP contribution in [0, 0.1) is 0 Å². The molecule has 0 unspecified atom stereocenters. The van der Waals surface area contributed by atoms with Crippen LogP contribution in [0.25, 0.3) is 0 Å². The topological polar surface area (TPSA) is 52.6 Å². The first kappa shape index (κ1) is 21.2. The van der Waals surface area contributed by atoms with Crippen molar-refractivity contribution in [2.24, 2.45) is 0 Å². The van der Waals surface area contributed by atoms with E-state index in [2.05, 4.69) is 41.5 Å². The van der Waals surface area contributed by atoms with E-state index in [1.54, 1.807) is 24.3 Å². The Morgan fingerprint density at radius 1 is 0.630 bits per heavy atom. The molecule has 0 N–H and O–H groups in total. The smallest absolute Gasteiger partial charge is 0.586 e. The maximum absolute atomic E-state index is 12.1. The van der Waals surface area contributed by atoms with Crippen LogP contribution >= 0.6 is 0 Å². The highest BCUT2D eigenvalue weighted by Gasteiger charge is 2.19. The van der Waals surface area contributed by atoms with Gasteiger partial charge in [0.25, 0.3) is 0 Å². The van der Waals surface area contributed by atoms with Crippen LogP contribution in [0.5, 0.6) is 0 Å². The average Bonchev–Trinajstić information content (AvgIpc) is 2.60. The summed E-state index contributed by atoms with van der Waals surface area (Å²) in [6, 6.07) is 14.6. The summed E-state index contributed by atoms with van der Waals surface area (Å²) in [6.45, 7) is 12.7. The van der Waals surface area contributed by atoms with Crippen LogP contribution in [0.1, 0.15) is 73.4 Å². The van der Waals surface area contributed by atoms with E-state index in [0.29, 0.717) is 11.1 Å². The zero-order valence-electron chi connectivity index (χ0n) is 16.8. The van der Waals surface area contributed by atoms with Gasteiger partial charge in [0.05, 0.1) is 11.1 Å². The molecule has 27 heavy (non-hydrogen) atoms. The summed E-state index contributed by atoms with van der Waals surface area (Å²) < 4.78 is 10.3. The zero-order chi connectivity index (χ0) is 20.2. The molecule has 0 fully saturated rings. The van der Waals surface area contributed by atoms with Crippen molar-refractivity contribution >= 4 is 27.8 Å². The Morgan fingerprint density at radius 2 is 0.926 bits per heavy atom. The molecule has 2 aromatic rings. The van der Waals surface area contributed by atoms with Crippen molar-refractivity contribution in [3.05, 3.63) is 70.8 Å². The van der Waals surface area contributed by atoms with E-state index in [9.17, 15) is 9.59 Å². The molecule has 0 aromatic heterocycles. The molecular formula is C22H26AlO4. The third-order valence-electron chi connectivity index (χ3n) is 4.28. The summed E-state index contributed by atoms with van der Waals surface area (Å²) in [5.74, 6) is -0.970. The van der Waals surface area contributed by atoms with Crippen molar-refractivity contribution in [3.63, 3.8) is 0 Å². The Balaban J connectivity index is 1.88. The van der Waals surface area contributed by atoms with Gasteiger partial charge in [-0.15, -0.1) is 0 Å². The van der Waals surface area contributed by atoms with E-state index in [1.165, 1.54) is 0 Å². The van der Waals surface area contributed by atoms with E-state index < -0.39 is 27.8 Å². The van der Waals surface area contributed by atoms with Crippen molar-refractivity contribution in [2.45, 2.75) is 52.4 Å². The molecule has 0 aliphatic carbocycles. The maximum atomic E-state index is 12.1. The molecule has 5 heteroatoms. The molecule has 1 radical (unpaired) electrons. The third kappa shape index (κ3) is 5.95. The van der Waals surface area contributed by atoms with Crippen molar-refractivity contribution < 1.29 is 17.2 Å². The van der Waals surface area contributed by atoms with Gasteiger partial charge in [-0.3, -0.25) is 0 Å². The van der Waals surface area contributed by atoms with Gasteiger partial charge in [0.1, 0.15) is 0 Å². The molecule has 0 spiro atoms. The minimum atomic E-state index is -1.21. The zero-order valence-corrected chi connectivity index (χ0v) is 18.0. The largest absolute Gasteiger partial charge is 0.886 e. The summed E-state index contributed by atoms with van der Waals surface area (Å²) in [5.41, 5.74) is 3.20. The Labute approximate surface area is 168 Å². The van der Waals surface area contributed by atoms with Crippen LogP contribution < -0.4 is 0 Å². The molecule has 2 rings (SSSR count). The summed E-state index contributed by atoms with van der Waals surface area (Å²) in [4.78, 5) is 24.2. The average molecular weight is 381 g/mol. The maximum Gasteiger partial charge on any atom is 0.886 e. The van der Waals surface area contributed by atoms with Gasteiger partial charge in [0.15, 0.2) is 0 Å². The highest BCUT2D eigenvalue weighted by molar-refractivity contribution is 6.28. The van der Waals surface area contributed by atoms with Crippen molar-refractivity contribution in [1.82, 2.24) is 0 Å². The lowest BCUT2D eigenvalue weighted by Gasteiger charge is -2.19. The van der Waals surface area contributed by atoms with Crippen LogP contribution in [-0.2, 0) is 18.4 Å². The Bertz CT molecular complexity index is 725. The normalized spacial score (nSPS) is 11.6. The fraction of sp³-hybridized carbons (Fsp3) is 0.364. The Morgan fingerprint density at radius 3 is 1.19 bits per heavy atom. The lowest BCUT2D eigenvalue weighted by molar-refractivity contribution is 0.0632. The Hall–Kier alpha value is -2.09. The highest BCUT2D eigenvalue weighted by Crippen LogP contribution is 2.23. The Kier molecular flexibility index (Phi) is 6.51. The van der Waals surface area contributed by atoms with Crippen LogP contribution in [0.3, 0.4) is 0 Å². The van der Waals surface area contributed by atoms with Gasteiger partial charge in [-0.1, -0.05) is 65.8 Å². The van der Waals surface area contributed by atoms with E-state index in [4.69, 9.17) is 7.58 Å². The van der Waals surface area contributed by atoms with E-state index in [0.717, 1.165) is 11.1 Å². The fourth-order valence-electron chi connectivity index (χ4n) is 2.46. The van der Waals surface area contributed by atoms with Gasteiger partial charge in [-0.25, -0.2) is 9.59 Å². The summed E-state index contributed by atoms with van der Waals surface area (Å²) in [5, 5.41) is 0. The minimum Gasteiger partial charge on any atom is -0.586 e. The quantitative estimate of drug-likeness (QED) is 0.712. The summed E-state index contributed by atoms with van der Waals surface area (Å²) in [7, 11) is 0. The standard InChI is InChI=1S/2C11H14O2.Al/c2*1-11(2,3)9-6-4-8(5-7-9)10(12)13;/h2*4-7H,1-3H3,(H,12,13);/q;;+2/p-2. The fourth-order valence-corrected chi connectivity index (χ4v) is 2.96. The van der Waals surface area contributed by atoms with Crippen LogP contribution in [-0.4, -0.2) is 27.8 Å². The van der Waals surface area contributed by atoms with Gasteiger partial charge in [0, 0.05) is 0 Å². The van der Waals surface area contributed by atoms with Crippen molar-refractivity contribution in [3.8, 4) is 0 Å². The molecule has 0 heterocycles. The molecule has 0 saturated heterocycles.